The van der Waals surface area contributed by atoms with Gasteiger partial charge in [0, 0.05) is 25.2 Å². The molecule has 0 spiro atoms. The molecular weight excluding hydrogens is 391 g/mol. The number of nitrogens with one attached hydrogen (secondary N) is 2. The van der Waals surface area contributed by atoms with Gasteiger partial charge in [-0.1, -0.05) is 12.2 Å². The lowest BCUT2D eigenvalue weighted by molar-refractivity contribution is -0.0432. The number of ether oxygens (including phenoxy) is 1. The van der Waals surface area contributed by atoms with Crippen molar-refractivity contribution in [3.8, 4) is 0 Å². The maximum absolute atomic E-state index is 5.97. The smallest absolute Gasteiger partial charge is 0.191 e. The number of morpholine rings is 1. The fraction of sp³-hybridized carbons (Fsp3) is 0.812. The second-order valence-corrected chi connectivity index (χ2v) is 6.25. The van der Waals surface area contributed by atoms with Crippen molar-refractivity contribution >= 4 is 29.9 Å². The molecule has 2 saturated heterocycles. The average Bonchev–Trinajstić information content (AvgIpc) is 3.15. The van der Waals surface area contributed by atoms with Gasteiger partial charge in [0.15, 0.2) is 5.96 Å². The molecule has 0 bridgehead atoms. The third-order valence-corrected chi connectivity index (χ3v) is 4.61. The Bertz CT molecular complexity index is 394. The second-order valence-electron chi connectivity index (χ2n) is 6.25. The summed E-state index contributed by atoms with van der Waals surface area (Å²) < 4.78 is 5.97. The summed E-state index contributed by atoms with van der Waals surface area (Å²) in [6.07, 6.45) is 9.53. The molecule has 0 aromatic heterocycles. The van der Waals surface area contributed by atoms with E-state index in [0.717, 1.165) is 45.0 Å². The molecule has 0 radical (unpaired) electrons. The maximum Gasteiger partial charge on any atom is 0.191 e. The minimum atomic E-state index is 0. The number of hydrogen-bond acceptors (Lipinski definition) is 3. The van der Waals surface area contributed by atoms with Crippen molar-refractivity contribution in [1.82, 2.24) is 15.5 Å². The van der Waals surface area contributed by atoms with Crippen molar-refractivity contribution < 1.29 is 4.74 Å². The summed E-state index contributed by atoms with van der Waals surface area (Å²) in [5, 5.41) is 6.85. The fourth-order valence-corrected chi connectivity index (χ4v) is 3.44. The Kier molecular flexibility index (Phi) is 7.43. The van der Waals surface area contributed by atoms with Crippen LogP contribution in [-0.2, 0) is 4.74 Å². The van der Waals surface area contributed by atoms with E-state index in [1.165, 1.54) is 19.4 Å². The first kappa shape index (κ1) is 18.0. The molecule has 3 aliphatic rings. The number of fused-ring (bicyclic) bond motifs is 1. The van der Waals surface area contributed by atoms with Gasteiger partial charge in [-0.05, 0) is 39.2 Å². The zero-order chi connectivity index (χ0) is 14.5. The molecule has 0 aromatic rings. The molecule has 2 aliphatic heterocycles. The largest absolute Gasteiger partial charge is 0.373 e. The Labute approximate surface area is 151 Å². The van der Waals surface area contributed by atoms with Crippen LogP contribution in [0.2, 0.25) is 0 Å². The van der Waals surface area contributed by atoms with Gasteiger partial charge in [-0.3, -0.25) is 9.89 Å². The normalized spacial score (nSPS) is 29.2. The van der Waals surface area contributed by atoms with Gasteiger partial charge in [0.05, 0.1) is 19.3 Å². The highest BCUT2D eigenvalue weighted by molar-refractivity contribution is 14.0. The summed E-state index contributed by atoms with van der Waals surface area (Å²) >= 11 is 0. The molecule has 1 aliphatic carbocycles. The van der Waals surface area contributed by atoms with Crippen molar-refractivity contribution in [2.24, 2.45) is 4.99 Å². The number of guanidine groups is 1. The van der Waals surface area contributed by atoms with Crippen LogP contribution in [-0.4, -0.2) is 61.8 Å². The molecule has 6 heteroatoms. The summed E-state index contributed by atoms with van der Waals surface area (Å²) in [4.78, 5) is 7.30. The third-order valence-electron chi connectivity index (χ3n) is 4.61. The Morgan fingerprint density at radius 1 is 1.36 bits per heavy atom. The van der Waals surface area contributed by atoms with E-state index >= 15 is 0 Å². The number of halogens is 1. The molecule has 2 N–H and O–H groups in total. The summed E-state index contributed by atoms with van der Waals surface area (Å²) in [6.45, 7) is 6.91. The standard InChI is InChI=1S/C16H28N4O.HI/c1-2-17-16(19-13-6-3-4-7-13)18-10-15-11-20-9-5-8-14(20)12-21-15;/h3-4,13-15H,2,5-12H2,1H3,(H2,17,18,19);1H. The average molecular weight is 420 g/mol. The number of hydrogen-bond donors (Lipinski definition) is 2. The van der Waals surface area contributed by atoms with E-state index < -0.39 is 0 Å². The van der Waals surface area contributed by atoms with Gasteiger partial charge in [-0.25, -0.2) is 0 Å². The molecule has 0 amide bonds. The summed E-state index contributed by atoms with van der Waals surface area (Å²) in [7, 11) is 0. The Balaban J connectivity index is 0.00000176. The van der Waals surface area contributed by atoms with E-state index in [4.69, 9.17) is 9.73 Å². The third kappa shape index (κ3) is 4.83. The van der Waals surface area contributed by atoms with Crippen LogP contribution in [0.5, 0.6) is 0 Å². The maximum atomic E-state index is 5.97. The molecule has 2 fully saturated rings. The Morgan fingerprint density at radius 2 is 2.18 bits per heavy atom. The lowest BCUT2D eigenvalue weighted by atomic mass is 10.2. The van der Waals surface area contributed by atoms with Gasteiger partial charge in [0.1, 0.15) is 0 Å². The van der Waals surface area contributed by atoms with E-state index in [2.05, 4.69) is 34.6 Å². The molecule has 0 saturated carbocycles. The summed E-state index contributed by atoms with van der Waals surface area (Å²) in [6, 6.07) is 1.17. The Morgan fingerprint density at radius 3 is 2.95 bits per heavy atom. The monoisotopic (exact) mass is 420 g/mol. The summed E-state index contributed by atoms with van der Waals surface area (Å²) in [5.41, 5.74) is 0. The highest BCUT2D eigenvalue weighted by Crippen LogP contribution is 2.22. The van der Waals surface area contributed by atoms with E-state index in [1.807, 2.05) is 0 Å². The first-order chi connectivity index (χ1) is 10.3. The van der Waals surface area contributed by atoms with Gasteiger partial charge in [0.25, 0.3) is 0 Å². The van der Waals surface area contributed by atoms with Crippen molar-refractivity contribution in [3.63, 3.8) is 0 Å². The topological polar surface area (TPSA) is 48.9 Å². The molecule has 2 heterocycles. The van der Waals surface area contributed by atoms with Crippen LogP contribution in [0.15, 0.2) is 17.1 Å². The lowest BCUT2D eigenvalue weighted by Gasteiger charge is -2.34. The number of nitrogens with zero attached hydrogens (tertiary/aromatic N) is 2. The molecule has 2 atom stereocenters. The van der Waals surface area contributed by atoms with E-state index in [0.29, 0.717) is 12.1 Å². The van der Waals surface area contributed by atoms with Crippen LogP contribution < -0.4 is 10.6 Å². The SMILES string of the molecule is CCNC(=NCC1CN2CCCC2CO1)NC1CC=CC1.I. The van der Waals surface area contributed by atoms with Gasteiger partial charge >= 0.3 is 0 Å². The Hall–Kier alpha value is -0.340. The number of rotatable bonds is 4. The molecule has 2 unspecified atom stereocenters. The van der Waals surface area contributed by atoms with Crippen LogP contribution in [0.25, 0.3) is 0 Å². The zero-order valence-electron chi connectivity index (χ0n) is 13.5. The highest BCUT2D eigenvalue weighted by Gasteiger charge is 2.32. The molecule has 126 valence electrons. The van der Waals surface area contributed by atoms with Gasteiger partial charge < -0.3 is 15.4 Å². The quantitative estimate of drug-likeness (QED) is 0.315. The molecule has 5 nitrogen and oxygen atoms in total. The van der Waals surface area contributed by atoms with Crippen LogP contribution in [0.1, 0.15) is 32.6 Å². The zero-order valence-corrected chi connectivity index (χ0v) is 15.8. The minimum absolute atomic E-state index is 0. The fourth-order valence-electron chi connectivity index (χ4n) is 3.44. The molecule has 0 aromatic carbocycles. The van der Waals surface area contributed by atoms with Crippen molar-refractivity contribution in [2.75, 3.05) is 32.8 Å². The van der Waals surface area contributed by atoms with Gasteiger partial charge in [-0.2, -0.15) is 0 Å². The predicted octanol–water partition coefficient (Wildman–Crippen LogP) is 1.74. The van der Waals surface area contributed by atoms with E-state index in [-0.39, 0.29) is 30.1 Å². The van der Waals surface area contributed by atoms with Crippen LogP contribution in [0.4, 0.5) is 0 Å². The minimum Gasteiger partial charge on any atom is -0.373 e. The summed E-state index contributed by atoms with van der Waals surface area (Å²) in [5.74, 6) is 0.929. The van der Waals surface area contributed by atoms with Crippen molar-refractivity contribution in [1.29, 1.82) is 0 Å². The van der Waals surface area contributed by atoms with Crippen molar-refractivity contribution in [2.45, 2.75) is 50.8 Å². The van der Waals surface area contributed by atoms with Crippen LogP contribution >= 0.6 is 24.0 Å². The molecular formula is C16H29IN4O. The molecule has 22 heavy (non-hydrogen) atoms. The van der Waals surface area contributed by atoms with E-state index in [1.54, 1.807) is 0 Å². The van der Waals surface area contributed by atoms with Gasteiger partial charge in [-0.15, -0.1) is 24.0 Å². The highest BCUT2D eigenvalue weighted by atomic mass is 127. The second kappa shape index (κ2) is 9.08. The van der Waals surface area contributed by atoms with E-state index in [9.17, 15) is 0 Å². The molecule has 3 rings (SSSR count). The van der Waals surface area contributed by atoms with Gasteiger partial charge in [0.2, 0.25) is 0 Å². The first-order valence-electron chi connectivity index (χ1n) is 8.40. The first-order valence-corrected chi connectivity index (χ1v) is 8.40. The van der Waals surface area contributed by atoms with Crippen LogP contribution in [0, 0.1) is 0 Å². The number of aliphatic imine (C=N–C) groups is 1. The van der Waals surface area contributed by atoms with Crippen molar-refractivity contribution in [3.05, 3.63) is 12.2 Å². The van der Waals surface area contributed by atoms with Crippen LogP contribution in [0.3, 0.4) is 0 Å². The lowest BCUT2D eigenvalue weighted by Crippen LogP contribution is -2.48. The predicted molar refractivity (Wildman–Crippen MR) is 101 cm³/mol.